The molecule has 100 valence electrons. The van der Waals surface area contributed by atoms with Gasteiger partial charge in [-0.05, 0) is 38.9 Å². The van der Waals surface area contributed by atoms with Gasteiger partial charge in [0.25, 0.3) is 0 Å². The third kappa shape index (κ3) is 3.91. The van der Waals surface area contributed by atoms with Crippen LogP contribution in [-0.4, -0.2) is 72.9 Å². The molecule has 2 aliphatic rings. The predicted molar refractivity (Wildman–Crippen MR) is 70.2 cm³/mol. The van der Waals surface area contributed by atoms with E-state index < -0.39 is 5.60 Å². The summed E-state index contributed by atoms with van der Waals surface area (Å²) in [5.41, 5.74) is -0.432. The molecule has 2 heterocycles. The second kappa shape index (κ2) is 6.14. The first-order valence-electron chi connectivity index (χ1n) is 7.10. The number of nitrogens with zero attached hydrogens (tertiary/aromatic N) is 2. The van der Waals surface area contributed by atoms with Gasteiger partial charge in [-0.25, -0.2) is 0 Å². The number of piperazine rings is 1. The van der Waals surface area contributed by atoms with Gasteiger partial charge in [0.2, 0.25) is 0 Å². The van der Waals surface area contributed by atoms with Gasteiger partial charge in [0.05, 0.1) is 5.60 Å². The highest BCUT2D eigenvalue weighted by Gasteiger charge is 2.32. The minimum absolute atomic E-state index is 0.432. The maximum atomic E-state index is 10.5. The molecule has 0 atom stereocenters. The molecule has 0 aromatic rings. The fourth-order valence-corrected chi connectivity index (χ4v) is 2.95. The highest BCUT2D eigenvalue weighted by atomic mass is 16.3. The van der Waals surface area contributed by atoms with Crippen molar-refractivity contribution in [3.8, 4) is 0 Å². The molecular formula is C13H27N3O. The van der Waals surface area contributed by atoms with E-state index in [9.17, 15) is 5.11 Å². The number of hydrogen-bond donors (Lipinski definition) is 2. The van der Waals surface area contributed by atoms with E-state index in [0.717, 1.165) is 45.6 Å². The molecule has 0 spiro atoms. The van der Waals surface area contributed by atoms with E-state index in [4.69, 9.17) is 0 Å². The van der Waals surface area contributed by atoms with Gasteiger partial charge in [0, 0.05) is 32.7 Å². The van der Waals surface area contributed by atoms with E-state index >= 15 is 0 Å². The molecule has 0 aliphatic carbocycles. The molecule has 0 unspecified atom stereocenters. The maximum absolute atomic E-state index is 10.5. The number of hydrogen-bond acceptors (Lipinski definition) is 4. The Morgan fingerprint density at radius 2 is 1.65 bits per heavy atom. The summed E-state index contributed by atoms with van der Waals surface area (Å²) in [6.07, 6.45) is 3.06. The van der Waals surface area contributed by atoms with Gasteiger partial charge in [-0.3, -0.25) is 4.90 Å². The Hall–Kier alpha value is -0.160. The lowest BCUT2D eigenvalue weighted by molar-refractivity contribution is -0.0306. The summed E-state index contributed by atoms with van der Waals surface area (Å²) in [5, 5.41) is 13.8. The first kappa shape index (κ1) is 13.3. The first-order valence-corrected chi connectivity index (χ1v) is 7.10. The molecule has 0 saturated carbocycles. The smallest absolute Gasteiger partial charge is 0.0798 e. The second-order valence-corrected chi connectivity index (χ2v) is 5.59. The summed E-state index contributed by atoms with van der Waals surface area (Å²) in [5.74, 6) is 0. The summed E-state index contributed by atoms with van der Waals surface area (Å²) < 4.78 is 0. The lowest BCUT2D eigenvalue weighted by Crippen LogP contribution is -2.54. The average molecular weight is 241 g/mol. The van der Waals surface area contributed by atoms with E-state index in [0.29, 0.717) is 0 Å². The Kier molecular flexibility index (Phi) is 4.79. The van der Waals surface area contributed by atoms with E-state index in [1.54, 1.807) is 0 Å². The normalized spacial score (nSPS) is 27.2. The third-order valence-electron chi connectivity index (χ3n) is 4.06. The first-order chi connectivity index (χ1) is 8.22. The van der Waals surface area contributed by atoms with Crippen molar-refractivity contribution in [1.29, 1.82) is 0 Å². The topological polar surface area (TPSA) is 38.7 Å². The molecule has 2 rings (SSSR count). The van der Waals surface area contributed by atoms with Gasteiger partial charge >= 0.3 is 0 Å². The number of aliphatic hydroxyl groups is 1. The van der Waals surface area contributed by atoms with Gasteiger partial charge in [-0.15, -0.1) is 0 Å². The summed E-state index contributed by atoms with van der Waals surface area (Å²) in [6, 6.07) is 0. The van der Waals surface area contributed by atoms with Crippen molar-refractivity contribution in [2.75, 3.05) is 52.4 Å². The van der Waals surface area contributed by atoms with Gasteiger partial charge in [0.1, 0.15) is 0 Å². The standard InChI is InChI=1S/C13H27N3O/c1-2-7-15-8-10-16(11-9-15)12-13(17)3-5-14-6-4-13/h14,17H,2-12H2,1H3. The molecule has 2 fully saturated rings. The van der Waals surface area contributed by atoms with Crippen molar-refractivity contribution in [2.24, 2.45) is 0 Å². The van der Waals surface area contributed by atoms with Gasteiger partial charge in [-0.2, -0.15) is 0 Å². The molecule has 0 aromatic heterocycles. The molecule has 4 heteroatoms. The van der Waals surface area contributed by atoms with Gasteiger partial charge in [-0.1, -0.05) is 6.92 Å². The number of nitrogens with one attached hydrogen (secondary N) is 1. The summed E-state index contributed by atoms with van der Waals surface area (Å²) in [4.78, 5) is 4.97. The zero-order valence-electron chi connectivity index (χ0n) is 11.1. The van der Waals surface area contributed by atoms with Crippen LogP contribution < -0.4 is 5.32 Å². The lowest BCUT2D eigenvalue weighted by atomic mass is 9.91. The number of β-amino-alcohol motifs (C(OH)–C–C–N with tert-alkyl or cyclic N) is 1. The van der Waals surface area contributed by atoms with Crippen molar-refractivity contribution in [2.45, 2.75) is 31.8 Å². The van der Waals surface area contributed by atoms with Crippen LogP contribution in [0.2, 0.25) is 0 Å². The average Bonchev–Trinajstić information content (AvgIpc) is 2.33. The molecule has 2 aliphatic heterocycles. The van der Waals surface area contributed by atoms with E-state index in [2.05, 4.69) is 22.0 Å². The summed E-state index contributed by atoms with van der Waals surface area (Å²) in [7, 11) is 0. The minimum Gasteiger partial charge on any atom is -0.388 e. The molecule has 0 aromatic carbocycles. The Morgan fingerprint density at radius 3 is 2.24 bits per heavy atom. The van der Waals surface area contributed by atoms with Crippen LogP contribution in [0, 0.1) is 0 Å². The summed E-state index contributed by atoms with van der Waals surface area (Å²) >= 11 is 0. The van der Waals surface area contributed by atoms with Crippen LogP contribution in [-0.2, 0) is 0 Å². The van der Waals surface area contributed by atoms with Crippen LogP contribution in [0.5, 0.6) is 0 Å². The lowest BCUT2D eigenvalue weighted by Gasteiger charge is -2.41. The fraction of sp³-hybridized carbons (Fsp3) is 1.00. The Bertz CT molecular complexity index is 221. The molecule has 17 heavy (non-hydrogen) atoms. The van der Waals surface area contributed by atoms with Gasteiger partial charge in [0.15, 0.2) is 0 Å². The van der Waals surface area contributed by atoms with E-state index in [1.807, 2.05) is 0 Å². The van der Waals surface area contributed by atoms with Crippen molar-refractivity contribution in [1.82, 2.24) is 15.1 Å². The molecule has 0 bridgehead atoms. The van der Waals surface area contributed by atoms with Crippen molar-refractivity contribution in [3.63, 3.8) is 0 Å². The molecule has 2 N–H and O–H groups in total. The fourth-order valence-electron chi connectivity index (χ4n) is 2.95. The van der Waals surface area contributed by atoms with E-state index in [-0.39, 0.29) is 0 Å². The maximum Gasteiger partial charge on any atom is 0.0798 e. The molecule has 0 radical (unpaired) electrons. The van der Waals surface area contributed by atoms with Crippen LogP contribution in [0.3, 0.4) is 0 Å². The Labute approximate surface area is 105 Å². The van der Waals surface area contributed by atoms with Gasteiger partial charge < -0.3 is 15.3 Å². The quantitative estimate of drug-likeness (QED) is 0.734. The van der Waals surface area contributed by atoms with Crippen molar-refractivity contribution < 1.29 is 5.11 Å². The monoisotopic (exact) mass is 241 g/mol. The van der Waals surface area contributed by atoms with Crippen molar-refractivity contribution in [3.05, 3.63) is 0 Å². The Morgan fingerprint density at radius 1 is 1.06 bits per heavy atom. The highest BCUT2D eigenvalue weighted by Crippen LogP contribution is 2.20. The zero-order chi connectivity index (χ0) is 12.1. The zero-order valence-corrected chi connectivity index (χ0v) is 11.1. The Balaban J connectivity index is 1.73. The molecule has 0 amide bonds. The molecule has 2 saturated heterocycles. The molecular weight excluding hydrogens is 214 g/mol. The number of piperidine rings is 1. The predicted octanol–water partition coefficient (Wildman–Crippen LogP) is 0.129. The van der Waals surface area contributed by atoms with Crippen LogP contribution in [0.1, 0.15) is 26.2 Å². The minimum atomic E-state index is -0.432. The number of rotatable bonds is 4. The van der Waals surface area contributed by atoms with Crippen LogP contribution >= 0.6 is 0 Å². The SMILES string of the molecule is CCCN1CCN(CC2(O)CCNCC2)CC1. The van der Waals surface area contributed by atoms with Crippen LogP contribution in [0.15, 0.2) is 0 Å². The summed E-state index contributed by atoms with van der Waals surface area (Å²) in [6.45, 7) is 10.8. The second-order valence-electron chi connectivity index (χ2n) is 5.59. The highest BCUT2D eigenvalue weighted by molar-refractivity contribution is 4.88. The van der Waals surface area contributed by atoms with Crippen LogP contribution in [0.4, 0.5) is 0 Å². The third-order valence-corrected chi connectivity index (χ3v) is 4.06. The van der Waals surface area contributed by atoms with Crippen LogP contribution in [0.25, 0.3) is 0 Å². The molecule has 4 nitrogen and oxygen atoms in total. The largest absolute Gasteiger partial charge is 0.388 e. The van der Waals surface area contributed by atoms with Crippen molar-refractivity contribution >= 4 is 0 Å². The van der Waals surface area contributed by atoms with E-state index in [1.165, 1.54) is 26.1 Å².